The number of ether oxygens (including phenoxy) is 1. The summed E-state index contributed by atoms with van der Waals surface area (Å²) in [6.07, 6.45) is 0. The minimum absolute atomic E-state index is 0.142. The van der Waals surface area contributed by atoms with Gasteiger partial charge in [-0.1, -0.05) is 36.4 Å². The van der Waals surface area contributed by atoms with Gasteiger partial charge in [0.1, 0.15) is 17.8 Å². The van der Waals surface area contributed by atoms with E-state index in [9.17, 15) is 22.8 Å². The van der Waals surface area contributed by atoms with E-state index in [1.165, 1.54) is 31.3 Å². The number of esters is 1. The Balaban J connectivity index is 1.43. The predicted molar refractivity (Wildman–Crippen MR) is 138 cm³/mol. The molecule has 0 bridgehead atoms. The number of carbonyl (C=O) groups is 3. The standard InChI is InChI=1S/C27H27N3O6S/c1-18-10-15-23(16-19(18)2)37(34,35)29(4)21-11-13-22(14-12-21)36-24(31)17-30-25(32)27(3,28-26(30)33)20-8-6-5-7-9-20/h5-16H,17H2,1-4H3,(H,28,33)/t27-/m1/s1. The zero-order valence-corrected chi connectivity index (χ0v) is 21.7. The lowest BCUT2D eigenvalue weighted by Gasteiger charge is -2.22. The van der Waals surface area contributed by atoms with Gasteiger partial charge in [0.2, 0.25) is 0 Å². The van der Waals surface area contributed by atoms with Crippen molar-refractivity contribution in [3.8, 4) is 5.75 Å². The van der Waals surface area contributed by atoms with Crippen LogP contribution in [-0.4, -0.2) is 44.8 Å². The maximum atomic E-state index is 13.0. The first-order valence-corrected chi connectivity index (χ1v) is 12.9. The average molecular weight is 522 g/mol. The molecular weight excluding hydrogens is 494 g/mol. The van der Waals surface area contributed by atoms with Gasteiger partial charge in [-0.3, -0.25) is 14.0 Å². The minimum Gasteiger partial charge on any atom is -0.425 e. The molecule has 0 spiro atoms. The number of hydrogen-bond acceptors (Lipinski definition) is 6. The van der Waals surface area contributed by atoms with Crippen molar-refractivity contribution in [2.45, 2.75) is 31.2 Å². The summed E-state index contributed by atoms with van der Waals surface area (Å²) < 4.78 is 32.5. The van der Waals surface area contributed by atoms with Gasteiger partial charge in [0.05, 0.1) is 10.6 Å². The van der Waals surface area contributed by atoms with Crippen LogP contribution < -0.4 is 14.4 Å². The predicted octanol–water partition coefficient (Wildman–Crippen LogP) is 3.50. The van der Waals surface area contributed by atoms with Crippen LogP contribution in [0.15, 0.2) is 77.7 Å². The van der Waals surface area contributed by atoms with Gasteiger partial charge in [-0.25, -0.2) is 18.0 Å². The number of amides is 3. The zero-order chi connectivity index (χ0) is 27.0. The highest BCUT2D eigenvalue weighted by molar-refractivity contribution is 7.92. The molecule has 0 aromatic heterocycles. The van der Waals surface area contributed by atoms with Crippen LogP contribution in [0.4, 0.5) is 10.5 Å². The normalized spacial score (nSPS) is 17.5. The maximum Gasteiger partial charge on any atom is 0.331 e. The molecule has 37 heavy (non-hydrogen) atoms. The molecule has 3 amide bonds. The molecule has 1 aliphatic rings. The molecule has 0 aliphatic carbocycles. The Morgan fingerprint density at radius 3 is 2.24 bits per heavy atom. The summed E-state index contributed by atoms with van der Waals surface area (Å²) in [7, 11) is -2.35. The monoisotopic (exact) mass is 521 g/mol. The van der Waals surface area contributed by atoms with Crippen LogP contribution >= 0.6 is 0 Å². The van der Waals surface area contributed by atoms with Gasteiger partial charge in [0, 0.05) is 7.05 Å². The molecule has 0 radical (unpaired) electrons. The van der Waals surface area contributed by atoms with E-state index in [2.05, 4.69) is 5.32 Å². The molecule has 1 aliphatic heterocycles. The fraction of sp³-hybridized carbons (Fsp3) is 0.222. The third-order valence-corrected chi connectivity index (χ3v) is 8.26. The second-order valence-corrected chi connectivity index (χ2v) is 11.0. The average Bonchev–Trinajstić information content (AvgIpc) is 3.09. The van der Waals surface area contributed by atoms with Crippen LogP contribution in [0.1, 0.15) is 23.6 Å². The van der Waals surface area contributed by atoms with Crippen molar-refractivity contribution in [3.63, 3.8) is 0 Å². The van der Waals surface area contributed by atoms with Crippen molar-refractivity contribution >= 4 is 33.6 Å². The van der Waals surface area contributed by atoms with E-state index < -0.39 is 40.0 Å². The molecule has 3 aromatic rings. The number of hydrogen-bond donors (Lipinski definition) is 1. The lowest BCUT2D eigenvalue weighted by Crippen LogP contribution is -2.41. The maximum absolute atomic E-state index is 13.0. The molecule has 4 rings (SSSR count). The molecule has 9 nitrogen and oxygen atoms in total. The Kier molecular flexibility index (Phi) is 6.79. The van der Waals surface area contributed by atoms with Gasteiger partial charge < -0.3 is 10.1 Å². The fourth-order valence-corrected chi connectivity index (χ4v) is 5.28. The van der Waals surface area contributed by atoms with Crippen LogP contribution in [0.5, 0.6) is 5.75 Å². The number of nitrogens with zero attached hydrogens (tertiary/aromatic N) is 2. The number of anilines is 1. The van der Waals surface area contributed by atoms with E-state index in [1.54, 1.807) is 55.5 Å². The van der Waals surface area contributed by atoms with Crippen LogP contribution in [0.2, 0.25) is 0 Å². The second kappa shape index (κ2) is 9.70. The summed E-state index contributed by atoms with van der Waals surface area (Å²) in [5.41, 5.74) is 1.54. The molecule has 3 aromatic carbocycles. The number of aryl methyl sites for hydroxylation is 2. The van der Waals surface area contributed by atoms with E-state index in [4.69, 9.17) is 4.74 Å². The van der Waals surface area contributed by atoms with Gasteiger partial charge in [-0.05, 0) is 73.9 Å². The fourth-order valence-electron chi connectivity index (χ4n) is 4.00. The van der Waals surface area contributed by atoms with Crippen LogP contribution in [0.25, 0.3) is 0 Å². The Bertz CT molecular complexity index is 1470. The molecule has 1 fully saturated rings. The topological polar surface area (TPSA) is 113 Å². The number of urea groups is 1. The Morgan fingerprint density at radius 2 is 1.62 bits per heavy atom. The largest absolute Gasteiger partial charge is 0.425 e. The quantitative estimate of drug-likeness (QED) is 0.289. The van der Waals surface area contributed by atoms with E-state index in [0.717, 1.165) is 20.3 Å². The van der Waals surface area contributed by atoms with Gasteiger partial charge in [0.25, 0.3) is 15.9 Å². The number of benzene rings is 3. The number of imide groups is 1. The first-order chi connectivity index (χ1) is 17.4. The summed E-state index contributed by atoms with van der Waals surface area (Å²) in [6.45, 7) is 4.76. The lowest BCUT2D eigenvalue weighted by atomic mass is 9.92. The molecule has 10 heteroatoms. The van der Waals surface area contributed by atoms with Crippen molar-refractivity contribution in [3.05, 3.63) is 89.5 Å². The lowest BCUT2D eigenvalue weighted by molar-refractivity contribution is -0.140. The molecule has 1 atom stereocenters. The van der Waals surface area contributed by atoms with Crippen molar-refractivity contribution < 1.29 is 27.5 Å². The first kappa shape index (κ1) is 25.9. The highest BCUT2D eigenvalue weighted by Crippen LogP contribution is 2.29. The third-order valence-electron chi connectivity index (χ3n) is 6.48. The van der Waals surface area contributed by atoms with Gasteiger partial charge in [-0.2, -0.15) is 0 Å². The van der Waals surface area contributed by atoms with E-state index in [-0.39, 0.29) is 10.6 Å². The molecule has 0 unspecified atom stereocenters. The van der Waals surface area contributed by atoms with Crippen LogP contribution in [-0.2, 0) is 25.2 Å². The Morgan fingerprint density at radius 1 is 0.973 bits per heavy atom. The third kappa shape index (κ3) is 4.92. The minimum atomic E-state index is -3.79. The summed E-state index contributed by atoms with van der Waals surface area (Å²) >= 11 is 0. The summed E-state index contributed by atoms with van der Waals surface area (Å²) in [6, 6.07) is 18.9. The van der Waals surface area contributed by atoms with Crippen molar-refractivity contribution in [2.24, 2.45) is 0 Å². The smallest absolute Gasteiger partial charge is 0.331 e. The van der Waals surface area contributed by atoms with Crippen molar-refractivity contribution in [1.82, 2.24) is 10.2 Å². The van der Waals surface area contributed by atoms with Crippen LogP contribution in [0.3, 0.4) is 0 Å². The molecule has 0 saturated carbocycles. The molecular formula is C27H27N3O6S. The Labute approximate surface area is 215 Å². The van der Waals surface area contributed by atoms with E-state index >= 15 is 0 Å². The molecule has 192 valence electrons. The molecule has 1 saturated heterocycles. The highest BCUT2D eigenvalue weighted by atomic mass is 32.2. The number of rotatable bonds is 7. The molecule has 1 N–H and O–H groups in total. The highest BCUT2D eigenvalue weighted by Gasteiger charge is 2.49. The zero-order valence-electron chi connectivity index (χ0n) is 20.9. The SMILES string of the molecule is Cc1ccc(S(=O)(=O)N(C)c2ccc(OC(=O)CN3C(=O)N[C@](C)(c4ccccc4)C3=O)cc2)cc1C. The van der Waals surface area contributed by atoms with Crippen molar-refractivity contribution in [1.29, 1.82) is 0 Å². The summed E-state index contributed by atoms with van der Waals surface area (Å²) in [4.78, 5) is 38.9. The molecule has 1 heterocycles. The van der Waals surface area contributed by atoms with Gasteiger partial charge in [0.15, 0.2) is 0 Å². The summed E-state index contributed by atoms with van der Waals surface area (Å²) in [5.74, 6) is -1.23. The summed E-state index contributed by atoms with van der Waals surface area (Å²) in [5, 5.41) is 2.64. The number of sulfonamides is 1. The van der Waals surface area contributed by atoms with Crippen LogP contribution in [0, 0.1) is 13.8 Å². The number of carbonyl (C=O) groups excluding carboxylic acids is 3. The van der Waals surface area contributed by atoms with E-state index in [1.807, 2.05) is 13.8 Å². The van der Waals surface area contributed by atoms with E-state index in [0.29, 0.717) is 11.3 Å². The second-order valence-electron chi connectivity index (χ2n) is 9.00. The first-order valence-electron chi connectivity index (χ1n) is 11.5. The number of nitrogens with one attached hydrogen (secondary N) is 1. The van der Waals surface area contributed by atoms with Crippen molar-refractivity contribution in [2.75, 3.05) is 17.9 Å². The van der Waals surface area contributed by atoms with Gasteiger partial charge in [-0.15, -0.1) is 0 Å². The van der Waals surface area contributed by atoms with Gasteiger partial charge >= 0.3 is 12.0 Å². The Hall–Kier alpha value is -4.18.